The molecule has 102 valence electrons. The van der Waals surface area contributed by atoms with E-state index in [1.165, 1.54) is 12.8 Å². The van der Waals surface area contributed by atoms with Crippen LogP contribution in [0.4, 0.5) is 0 Å². The molecule has 0 bridgehead atoms. The summed E-state index contributed by atoms with van der Waals surface area (Å²) in [6.45, 7) is 5.30. The van der Waals surface area contributed by atoms with Crippen LogP contribution in [0, 0.1) is 0 Å². The van der Waals surface area contributed by atoms with Gasteiger partial charge >= 0.3 is 0 Å². The van der Waals surface area contributed by atoms with Gasteiger partial charge in [0.15, 0.2) is 5.58 Å². The predicted octanol–water partition coefficient (Wildman–Crippen LogP) is 2.40. The van der Waals surface area contributed by atoms with Crippen molar-refractivity contribution in [2.24, 2.45) is 0 Å². The molecule has 1 fully saturated rings. The van der Waals surface area contributed by atoms with Gasteiger partial charge in [0.05, 0.1) is 6.54 Å². The monoisotopic (exact) mass is 259 g/mol. The molecule has 19 heavy (non-hydrogen) atoms. The summed E-state index contributed by atoms with van der Waals surface area (Å²) in [6.07, 6.45) is 2.34. The molecule has 1 aliphatic rings. The molecule has 0 atom stereocenters. The SMILES string of the molecule is CNC1(C)CCN(Cc2nc3ccccc3o2)CC1. The van der Waals surface area contributed by atoms with Crippen LogP contribution in [0.1, 0.15) is 25.7 Å². The number of rotatable bonds is 3. The Morgan fingerprint density at radius 3 is 2.74 bits per heavy atom. The second-order valence-corrected chi connectivity index (χ2v) is 5.66. The summed E-state index contributed by atoms with van der Waals surface area (Å²) in [5.74, 6) is 0.828. The number of hydrogen-bond acceptors (Lipinski definition) is 4. The highest BCUT2D eigenvalue weighted by molar-refractivity contribution is 5.72. The van der Waals surface area contributed by atoms with Crippen molar-refractivity contribution in [2.75, 3.05) is 20.1 Å². The van der Waals surface area contributed by atoms with Gasteiger partial charge in [-0.05, 0) is 38.9 Å². The van der Waals surface area contributed by atoms with Crippen molar-refractivity contribution in [1.82, 2.24) is 15.2 Å². The van der Waals surface area contributed by atoms with E-state index < -0.39 is 0 Å². The van der Waals surface area contributed by atoms with E-state index in [0.717, 1.165) is 36.6 Å². The maximum atomic E-state index is 5.78. The lowest BCUT2D eigenvalue weighted by molar-refractivity contribution is 0.137. The van der Waals surface area contributed by atoms with Gasteiger partial charge in [-0.25, -0.2) is 4.98 Å². The van der Waals surface area contributed by atoms with Gasteiger partial charge in [-0.1, -0.05) is 12.1 Å². The lowest BCUT2D eigenvalue weighted by Gasteiger charge is -2.38. The maximum absolute atomic E-state index is 5.78. The predicted molar refractivity (Wildman–Crippen MR) is 76.0 cm³/mol. The molecule has 0 spiro atoms. The van der Waals surface area contributed by atoms with Crippen molar-refractivity contribution in [3.63, 3.8) is 0 Å². The van der Waals surface area contributed by atoms with Crippen molar-refractivity contribution >= 4 is 11.1 Å². The van der Waals surface area contributed by atoms with Crippen molar-refractivity contribution in [3.8, 4) is 0 Å². The normalized spacial score (nSPS) is 19.9. The van der Waals surface area contributed by atoms with Crippen LogP contribution in [0.5, 0.6) is 0 Å². The van der Waals surface area contributed by atoms with Gasteiger partial charge in [0, 0.05) is 18.6 Å². The van der Waals surface area contributed by atoms with E-state index in [1.807, 2.05) is 24.3 Å². The first-order chi connectivity index (χ1) is 9.18. The molecule has 3 rings (SSSR count). The molecular formula is C15H21N3O. The van der Waals surface area contributed by atoms with E-state index >= 15 is 0 Å². The number of piperidine rings is 1. The first-order valence-corrected chi connectivity index (χ1v) is 6.94. The van der Waals surface area contributed by atoms with Gasteiger partial charge in [-0.3, -0.25) is 4.90 Å². The largest absolute Gasteiger partial charge is 0.439 e. The van der Waals surface area contributed by atoms with Crippen molar-refractivity contribution < 1.29 is 4.42 Å². The standard InChI is InChI=1S/C15H21N3O/c1-15(16-2)7-9-18(10-8-15)11-14-17-12-5-3-4-6-13(12)19-14/h3-6,16H,7-11H2,1-2H3. The van der Waals surface area contributed by atoms with Crippen molar-refractivity contribution in [1.29, 1.82) is 0 Å². The Balaban J connectivity index is 1.66. The smallest absolute Gasteiger partial charge is 0.209 e. The molecule has 1 N–H and O–H groups in total. The number of benzene rings is 1. The Morgan fingerprint density at radius 2 is 2.05 bits per heavy atom. The second-order valence-electron chi connectivity index (χ2n) is 5.66. The third kappa shape index (κ3) is 2.65. The molecule has 4 nitrogen and oxygen atoms in total. The Bertz CT molecular complexity index is 522. The first kappa shape index (κ1) is 12.6. The number of nitrogens with zero attached hydrogens (tertiary/aromatic N) is 2. The average Bonchev–Trinajstić information content (AvgIpc) is 2.84. The lowest BCUT2D eigenvalue weighted by Crippen LogP contribution is -2.49. The average molecular weight is 259 g/mol. The highest BCUT2D eigenvalue weighted by Crippen LogP contribution is 2.23. The first-order valence-electron chi connectivity index (χ1n) is 6.94. The Morgan fingerprint density at radius 1 is 1.32 bits per heavy atom. The van der Waals surface area contributed by atoms with E-state index in [-0.39, 0.29) is 5.54 Å². The molecule has 4 heteroatoms. The van der Waals surface area contributed by atoms with Gasteiger partial charge in [0.25, 0.3) is 0 Å². The number of nitrogens with one attached hydrogen (secondary N) is 1. The van der Waals surface area contributed by atoms with Crippen LogP contribution in [-0.2, 0) is 6.54 Å². The summed E-state index contributed by atoms with van der Waals surface area (Å²) in [4.78, 5) is 6.96. The van der Waals surface area contributed by atoms with Crippen molar-refractivity contribution in [2.45, 2.75) is 31.8 Å². The fourth-order valence-electron chi connectivity index (χ4n) is 2.63. The zero-order valence-electron chi connectivity index (χ0n) is 11.6. The highest BCUT2D eigenvalue weighted by atomic mass is 16.3. The molecule has 0 unspecified atom stereocenters. The number of likely N-dealkylation sites (tertiary alicyclic amines) is 1. The minimum atomic E-state index is 0.289. The van der Waals surface area contributed by atoms with Gasteiger partial charge in [-0.15, -0.1) is 0 Å². The molecule has 2 aromatic rings. The van der Waals surface area contributed by atoms with Crippen LogP contribution in [0.3, 0.4) is 0 Å². The zero-order chi connectivity index (χ0) is 13.3. The highest BCUT2D eigenvalue weighted by Gasteiger charge is 2.28. The van der Waals surface area contributed by atoms with Crippen LogP contribution in [0.25, 0.3) is 11.1 Å². The zero-order valence-corrected chi connectivity index (χ0v) is 11.6. The molecule has 2 heterocycles. The molecule has 0 aliphatic carbocycles. The summed E-state index contributed by atoms with van der Waals surface area (Å²) < 4.78 is 5.78. The number of fused-ring (bicyclic) bond motifs is 1. The number of hydrogen-bond donors (Lipinski definition) is 1. The minimum absolute atomic E-state index is 0.289. The van der Waals surface area contributed by atoms with Crippen molar-refractivity contribution in [3.05, 3.63) is 30.2 Å². The Labute approximate surface area is 113 Å². The number of para-hydroxylation sites is 2. The molecule has 1 aromatic heterocycles. The van der Waals surface area contributed by atoms with E-state index in [2.05, 4.69) is 29.2 Å². The van der Waals surface area contributed by atoms with E-state index in [1.54, 1.807) is 0 Å². The van der Waals surface area contributed by atoms with E-state index in [4.69, 9.17) is 4.42 Å². The van der Waals surface area contributed by atoms with Gasteiger partial charge in [0.1, 0.15) is 5.52 Å². The van der Waals surface area contributed by atoms with Crippen LogP contribution in [0.15, 0.2) is 28.7 Å². The fraction of sp³-hybridized carbons (Fsp3) is 0.533. The van der Waals surface area contributed by atoms with Gasteiger partial charge in [-0.2, -0.15) is 0 Å². The van der Waals surface area contributed by atoms with Crippen LogP contribution < -0.4 is 5.32 Å². The summed E-state index contributed by atoms with van der Waals surface area (Å²) in [7, 11) is 2.05. The minimum Gasteiger partial charge on any atom is -0.439 e. The summed E-state index contributed by atoms with van der Waals surface area (Å²) >= 11 is 0. The third-order valence-corrected chi connectivity index (χ3v) is 4.26. The molecule has 1 aliphatic heterocycles. The molecule has 1 aromatic carbocycles. The summed E-state index contributed by atoms with van der Waals surface area (Å²) in [6, 6.07) is 7.95. The second kappa shape index (κ2) is 4.94. The molecule has 0 amide bonds. The third-order valence-electron chi connectivity index (χ3n) is 4.26. The fourth-order valence-corrected chi connectivity index (χ4v) is 2.63. The Hall–Kier alpha value is -1.39. The summed E-state index contributed by atoms with van der Waals surface area (Å²) in [5, 5.41) is 3.42. The lowest BCUT2D eigenvalue weighted by atomic mass is 9.90. The van der Waals surface area contributed by atoms with E-state index in [0.29, 0.717) is 0 Å². The number of aromatic nitrogens is 1. The topological polar surface area (TPSA) is 41.3 Å². The quantitative estimate of drug-likeness (QED) is 0.919. The Kier molecular flexibility index (Phi) is 3.29. The summed E-state index contributed by atoms with van der Waals surface area (Å²) in [5.41, 5.74) is 2.13. The molecular weight excluding hydrogens is 238 g/mol. The van der Waals surface area contributed by atoms with Crippen LogP contribution >= 0.6 is 0 Å². The van der Waals surface area contributed by atoms with Gasteiger partial charge in [0.2, 0.25) is 5.89 Å². The van der Waals surface area contributed by atoms with E-state index in [9.17, 15) is 0 Å². The molecule has 0 saturated carbocycles. The molecule has 0 radical (unpaired) electrons. The van der Waals surface area contributed by atoms with Crippen LogP contribution in [0.2, 0.25) is 0 Å². The molecule has 1 saturated heterocycles. The maximum Gasteiger partial charge on any atom is 0.209 e. The van der Waals surface area contributed by atoms with Crippen LogP contribution in [-0.4, -0.2) is 35.6 Å². The number of oxazole rings is 1. The van der Waals surface area contributed by atoms with Gasteiger partial charge < -0.3 is 9.73 Å².